The average molecular weight is 408 g/mol. The van der Waals surface area contributed by atoms with Gasteiger partial charge in [-0.05, 0) is 37.1 Å². The van der Waals surface area contributed by atoms with Crippen LogP contribution in [0.3, 0.4) is 0 Å². The molecule has 3 aromatic heterocycles. The number of carbonyl (C=O) groups is 1. The first-order valence-corrected chi connectivity index (χ1v) is 10.8. The fourth-order valence-electron chi connectivity index (χ4n) is 3.28. The van der Waals surface area contributed by atoms with Crippen molar-refractivity contribution in [2.45, 2.75) is 43.3 Å². The molecule has 4 rings (SSSR count). The van der Waals surface area contributed by atoms with Gasteiger partial charge in [-0.3, -0.25) is 9.36 Å². The lowest BCUT2D eigenvalue weighted by Crippen LogP contribution is -2.15. The molecule has 1 aliphatic rings. The van der Waals surface area contributed by atoms with E-state index in [1.165, 1.54) is 42.4 Å². The van der Waals surface area contributed by atoms with Crippen molar-refractivity contribution >= 4 is 40.5 Å². The summed E-state index contributed by atoms with van der Waals surface area (Å²) in [5.74, 6) is 1.84. The Bertz CT molecular complexity index is 882. The van der Waals surface area contributed by atoms with Crippen LogP contribution >= 0.6 is 34.7 Å². The molecule has 1 saturated carbocycles. The highest BCUT2D eigenvalue weighted by molar-refractivity contribution is 7.99. The van der Waals surface area contributed by atoms with Crippen molar-refractivity contribution in [1.82, 2.24) is 14.8 Å². The third-order valence-electron chi connectivity index (χ3n) is 4.53. The molecule has 26 heavy (non-hydrogen) atoms. The van der Waals surface area contributed by atoms with E-state index in [0.29, 0.717) is 26.8 Å². The molecule has 3 aromatic rings. The van der Waals surface area contributed by atoms with Crippen LogP contribution in [0.2, 0.25) is 4.34 Å². The minimum absolute atomic E-state index is 0.0599. The van der Waals surface area contributed by atoms with Crippen molar-refractivity contribution in [2.24, 2.45) is 0 Å². The molecule has 0 saturated heterocycles. The number of thiophene rings is 1. The van der Waals surface area contributed by atoms with Gasteiger partial charge in [-0.25, -0.2) is 0 Å². The Morgan fingerprint density at radius 3 is 2.81 bits per heavy atom. The van der Waals surface area contributed by atoms with E-state index < -0.39 is 0 Å². The second kappa shape index (κ2) is 7.98. The van der Waals surface area contributed by atoms with Crippen molar-refractivity contribution in [3.05, 3.63) is 39.7 Å². The molecule has 3 heterocycles. The lowest BCUT2D eigenvalue weighted by Gasteiger charge is -2.25. The number of furan rings is 1. The minimum atomic E-state index is 0.0599. The average Bonchev–Trinajstić information content (AvgIpc) is 3.40. The van der Waals surface area contributed by atoms with Crippen LogP contribution in [-0.4, -0.2) is 26.3 Å². The quantitative estimate of drug-likeness (QED) is 0.385. The van der Waals surface area contributed by atoms with E-state index in [0.717, 1.165) is 23.8 Å². The highest BCUT2D eigenvalue weighted by atomic mass is 35.5. The molecule has 0 amide bonds. The minimum Gasteiger partial charge on any atom is -0.461 e. The zero-order valence-corrected chi connectivity index (χ0v) is 16.4. The Morgan fingerprint density at radius 1 is 1.27 bits per heavy atom. The van der Waals surface area contributed by atoms with Gasteiger partial charge in [0.1, 0.15) is 0 Å². The van der Waals surface area contributed by atoms with Gasteiger partial charge in [0.15, 0.2) is 16.7 Å². The summed E-state index contributed by atoms with van der Waals surface area (Å²) < 4.78 is 8.34. The van der Waals surface area contributed by atoms with E-state index in [4.69, 9.17) is 16.0 Å². The van der Waals surface area contributed by atoms with Crippen molar-refractivity contribution in [3.8, 4) is 11.6 Å². The summed E-state index contributed by atoms with van der Waals surface area (Å²) in [6, 6.07) is 7.63. The maximum absolute atomic E-state index is 12.4. The fraction of sp³-hybridized carbons (Fsp3) is 0.389. The third-order valence-corrected chi connectivity index (χ3v) is 6.74. The molecule has 1 fully saturated rings. The third kappa shape index (κ3) is 3.75. The van der Waals surface area contributed by atoms with Crippen LogP contribution in [0.1, 0.15) is 47.8 Å². The number of rotatable bonds is 6. The summed E-state index contributed by atoms with van der Waals surface area (Å²) in [5.41, 5.74) is 0. The molecule has 0 spiro atoms. The first kappa shape index (κ1) is 17.8. The van der Waals surface area contributed by atoms with Gasteiger partial charge in [0.25, 0.3) is 0 Å². The van der Waals surface area contributed by atoms with E-state index >= 15 is 0 Å². The van der Waals surface area contributed by atoms with E-state index in [9.17, 15) is 4.79 Å². The lowest BCUT2D eigenvalue weighted by molar-refractivity contribution is 0.102. The first-order valence-electron chi connectivity index (χ1n) is 8.62. The summed E-state index contributed by atoms with van der Waals surface area (Å²) in [5, 5.41) is 9.49. The van der Waals surface area contributed by atoms with Gasteiger partial charge in [0.05, 0.1) is 21.2 Å². The fourth-order valence-corrected chi connectivity index (χ4v) is 5.24. The SMILES string of the molecule is O=C(CSc1nnc(-c2ccco2)n1C1CCCCC1)c1ccc(Cl)s1. The van der Waals surface area contributed by atoms with E-state index in [1.54, 1.807) is 18.4 Å². The first-order chi connectivity index (χ1) is 12.7. The van der Waals surface area contributed by atoms with E-state index in [2.05, 4.69) is 14.8 Å². The molecule has 0 bridgehead atoms. The molecule has 0 aromatic carbocycles. The molecule has 136 valence electrons. The predicted octanol–water partition coefficient (Wildman–Crippen LogP) is 5.73. The van der Waals surface area contributed by atoms with Crippen LogP contribution in [0.15, 0.2) is 40.1 Å². The van der Waals surface area contributed by atoms with Gasteiger partial charge >= 0.3 is 0 Å². The van der Waals surface area contributed by atoms with Gasteiger partial charge in [0.2, 0.25) is 5.82 Å². The van der Waals surface area contributed by atoms with Crippen LogP contribution in [0.25, 0.3) is 11.6 Å². The summed E-state index contributed by atoms with van der Waals surface area (Å²) in [6.45, 7) is 0. The second-order valence-corrected chi connectivity index (χ2v) is 8.92. The molecule has 0 atom stereocenters. The number of Topliss-reactive ketones (excluding diaryl/α,β-unsaturated/α-hetero) is 1. The summed E-state index contributed by atoms with van der Waals surface area (Å²) in [4.78, 5) is 13.1. The second-order valence-electron chi connectivity index (χ2n) is 6.26. The van der Waals surface area contributed by atoms with Gasteiger partial charge in [-0.1, -0.05) is 42.6 Å². The number of carbonyl (C=O) groups excluding carboxylic acids is 1. The van der Waals surface area contributed by atoms with Crippen molar-refractivity contribution in [3.63, 3.8) is 0 Å². The van der Waals surface area contributed by atoms with Crippen molar-refractivity contribution in [2.75, 3.05) is 5.75 Å². The molecule has 0 aliphatic heterocycles. The van der Waals surface area contributed by atoms with Crippen LogP contribution in [0.5, 0.6) is 0 Å². The van der Waals surface area contributed by atoms with Crippen molar-refractivity contribution < 1.29 is 9.21 Å². The number of hydrogen-bond acceptors (Lipinski definition) is 6. The van der Waals surface area contributed by atoms with Gasteiger partial charge < -0.3 is 4.42 Å². The standard InChI is InChI=1S/C18H18ClN3O2S2/c19-16-9-8-15(26-16)13(23)11-25-18-21-20-17(14-7-4-10-24-14)22(18)12-5-2-1-3-6-12/h4,7-10,12H,1-3,5-6,11H2. The van der Waals surface area contributed by atoms with Crippen LogP contribution < -0.4 is 0 Å². The molecule has 0 unspecified atom stereocenters. The summed E-state index contributed by atoms with van der Waals surface area (Å²) in [7, 11) is 0. The largest absolute Gasteiger partial charge is 0.461 e. The highest BCUT2D eigenvalue weighted by Crippen LogP contribution is 2.36. The number of hydrogen-bond donors (Lipinski definition) is 0. The summed E-state index contributed by atoms with van der Waals surface area (Å²) >= 11 is 8.68. The Labute approximate surface area is 164 Å². The number of halogens is 1. The van der Waals surface area contributed by atoms with Crippen LogP contribution in [-0.2, 0) is 0 Å². The van der Waals surface area contributed by atoms with Gasteiger partial charge in [-0.2, -0.15) is 0 Å². The molecule has 0 N–H and O–H groups in total. The topological polar surface area (TPSA) is 60.9 Å². The number of aromatic nitrogens is 3. The monoisotopic (exact) mass is 407 g/mol. The Kier molecular flexibility index (Phi) is 5.47. The van der Waals surface area contributed by atoms with Crippen LogP contribution in [0.4, 0.5) is 0 Å². The molecular weight excluding hydrogens is 390 g/mol. The Balaban J connectivity index is 1.58. The smallest absolute Gasteiger partial charge is 0.200 e. The molecule has 5 nitrogen and oxygen atoms in total. The van der Waals surface area contributed by atoms with E-state index in [1.807, 2.05) is 12.1 Å². The number of nitrogens with zero attached hydrogens (tertiary/aromatic N) is 3. The molecule has 8 heteroatoms. The molecule has 0 radical (unpaired) electrons. The molecule has 1 aliphatic carbocycles. The number of thioether (sulfide) groups is 1. The van der Waals surface area contributed by atoms with Gasteiger partial charge in [-0.15, -0.1) is 21.5 Å². The lowest BCUT2D eigenvalue weighted by atomic mass is 9.95. The zero-order chi connectivity index (χ0) is 17.9. The van der Waals surface area contributed by atoms with Gasteiger partial charge in [0, 0.05) is 6.04 Å². The maximum atomic E-state index is 12.4. The van der Waals surface area contributed by atoms with Crippen LogP contribution in [0, 0.1) is 0 Å². The Morgan fingerprint density at radius 2 is 2.12 bits per heavy atom. The summed E-state index contributed by atoms with van der Waals surface area (Å²) in [6.07, 6.45) is 7.54. The zero-order valence-electron chi connectivity index (χ0n) is 14.1. The van der Waals surface area contributed by atoms with Crippen molar-refractivity contribution in [1.29, 1.82) is 0 Å². The Hall–Kier alpha value is -1.57. The predicted molar refractivity (Wildman–Crippen MR) is 104 cm³/mol. The highest BCUT2D eigenvalue weighted by Gasteiger charge is 2.25. The number of ketones is 1. The normalized spacial score (nSPS) is 15.4. The maximum Gasteiger partial charge on any atom is 0.200 e. The molecular formula is C18H18ClN3O2S2. The van der Waals surface area contributed by atoms with E-state index in [-0.39, 0.29) is 5.78 Å².